The zero-order chi connectivity index (χ0) is 10.0. The predicted octanol–water partition coefficient (Wildman–Crippen LogP) is 1.04. The summed E-state index contributed by atoms with van der Waals surface area (Å²) in [6.45, 7) is 1.86. The van der Waals surface area contributed by atoms with Gasteiger partial charge in [0.25, 0.3) is 0 Å². The molecule has 1 heterocycles. The lowest BCUT2D eigenvalue weighted by atomic mass is 10.3. The second kappa shape index (κ2) is 3.85. The third-order valence-electron chi connectivity index (χ3n) is 1.65. The Morgan fingerprint density at radius 3 is 2.54 bits per heavy atom. The molecule has 0 aromatic carbocycles. The summed E-state index contributed by atoms with van der Waals surface area (Å²) in [5.74, 6) is 0.814. The molecule has 1 aromatic heterocycles. The second-order valence-electron chi connectivity index (χ2n) is 2.96. The zero-order valence-electron chi connectivity index (χ0n) is 7.81. The summed E-state index contributed by atoms with van der Waals surface area (Å²) in [6, 6.07) is 1.67. The Hall–Kier alpha value is -0.940. The molecule has 0 fully saturated rings. The van der Waals surface area contributed by atoms with Crippen molar-refractivity contribution in [3.8, 4) is 0 Å². The van der Waals surface area contributed by atoms with Gasteiger partial charge in [0.2, 0.25) is 0 Å². The molecule has 1 unspecified atom stereocenters. The van der Waals surface area contributed by atoms with E-state index in [4.69, 9.17) is 4.55 Å². The van der Waals surface area contributed by atoms with Crippen LogP contribution < -0.4 is 4.90 Å². The first kappa shape index (κ1) is 10.1. The summed E-state index contributed by atoms with van der Waals surface area (Å²) in [7, 11) is 3.76. The Bertz CT molecular complexity index is 339. The molecule has 0 aliphatic heterocycles. The Labute approximate surface area is 79.9 Å². The summed E-state index contributed by atoms with van der Waals surface area (Å²) >= 11 is -1.94. The normalized spacial score (nSPS) is 12.6. The van der Waals surface area contributed by atoms with E-state index in [1.807, 2.05) is 25.9 Å². The molecule has 0 saturated heterocycles. The van der Waals surface area contributed by atoms with Gasteiger partial charge in [0, 0.05) is 20.3 Å². The third kappa shape index (κ3) is 2.26. The van der Waals surface area contributed by atoms with Crippen LogP contribution in [0.25, 0.3) is 0 Å². The molecule has 0 amide bonds. The van der Waals surface area contributed by atoms with Crippen molar-refractivity contribution in [3.63, 3.8) is 0 Å². The van der Waals surface area contributed by atoms with Gasteiger partial charge in [-0.15, -0.1) is 0 Å². The number of hydrogen-bond acceptors (Lipinski definition) is 3. The van der Waals surface area contributed by atoms with Crippen LogP contribution in [0, 0.1) is 6.92 Å². The van der Waals surface area contributed by atoms with Crippen LogP contribution >= 0.6 is 0 Å². The monoisotopic (exact) mass is 200 g/mol. The highest BCUT2D eigenvalue weighted by Gasteiger charge is 2.06. The molecule has 13 heavy (non-hydrogen) atoms. The van der Waals surface area contributed by atoms with Gasteiger partial charge in [-0.1, -0.05) is 0 Å². The maximum atomic E-state index is 10.7. The number of aromatic nitrogens is 1. The van der Waals surface area contributed by atoms with Crippen molar-refractivity contribution in [3.05, 3.63) is 17.8 Å². The van der Waals surface area contributed by atoms with Gasteiger partial charge in [-0.25, -0.2) is 9.19 Å². The van der Waals surface area contributed by atoms with Crippen LogP contribution in [0.15, 0.2) is 17.2 Å². The van der Waals surface area contributed by atoms with E-state index in [1.54, 1.807) is 6.07 Å². The molecule has 0 aliphatic rings. The summed E-state index contributed by atoms with van der Waals surface area (Å²) < 4.78 is 19.5. The van der Waals surface area contributed by atoms with Crippen LogP contribution in [-0.4, -0.2) is 27.8 Å². The van der Waals surface area contributed by atoms with E-state index in [0.717, 1.165) is 11.4 Å². The summed E-state index contributed by atoms with van der Waals surface area (Å²) in [4.78, 5) is 6.27. The number of nitrogens with zero attached hydrogens (tertiary/aromatic N) is 2. The predicted molar refractivity (Wildman–Crippen MR) is 52.3 cm³/mol. The maximum Gasteiger partial charge on any atom is 0.188 e. The average molecular weight is 200 g/mol. The van der Waals surface area contributed by atoms with Gasteiger partial charge < -0.3 is 9.45 Å². The van der Waals surface area contributed by atoms with Crippen molar-refractivity contribution in [2.45, 2.75) is 11.8 Å². The van der Waals surface area contributed by atoms with Crippen LogP contribution in [0.1, 0.15) is 5.56 Å². The van der Waals surface area contributed by atoms with E-state index in [1.165, 1.54) is 6.20 Å². The molecule has 0 spiro atoms. The van der Waals surface area contributed by atoms with Crippen molar-refractivity contribution < 1.29 is 8.76 Å². The lowest BCUT2D eigenvalue weighted by Gasteiger charge is -2.13. The highest BCUT2D eigenvalue weighted by atomic mass is 32.2. The van der Waals surface area contributed by atoms with Gasteiger partial charge >= 0.3 is 0 Å². The highest BCUT2D eigenvalue weighted by Crippen LogP contribution is 2.16. The minimum absolute atomic E-state index is 0.336. The zero-order valence-corrected chi connectivity index (χ0v) is 8.63. The topological polar surface area (TPSA) is 53.4 Å². The molecular weight excluding hydrogens is 188 g/mol. The van der Waals surface area contributed by atoms with Gasteiger partial charge in [-0.3, -0.25) is 0 Å². The fraction of sp³-hybridized carbons (Fsp3) is 0.375. The second-order valence-corrected chi connectivity index (χ2v) is 3.92. The lowest BCUT2D eigenvalue weighted by Crippen LogP contribution is -2.12. The van der Waals surface area contributed by atoms with Crippen molar-refractivity contribution in [2.24, 2.45) is 0 Å². The Balaban J connectivity index is 3.13. The van der Waals surface area contributed by atoms with Gasteiger partial charge in [0.1, 0.15) is 5.82 Å². The molecule has 0 radical (unpaired) electrons. The molecule has 72 valence electrons. The molecule has 0 bridgehead atoms. The van der Waals surface area contributed by atoms with Crippen LogP contribution in [0.2, 0.25) is 0 Å². The fourth-order valence-corrected chi connectivity index (χ4v) is 1.53. The van der Waals surface area contributed by atoms with Crippen molar-refractivity contribution >= 4 is 16.9 Å². The molecule has 0 saturated carbocycles. The van der Waals surface area contributed by atoms with Crippen LogP contribution in [-0.2, 0) is 11.1 Å². The van der Waals surface area contributed by atoms with Crippen molar-refractivity contribution in [2.75, 3.05) is 19.0 Å². The third-order valence-corrected chi connectivity index (χ3v) is 2.28. The fourth-order valence-electron chi connectivity index (χ4n) is 1.11. The molecule has 5 heteroatoms. The Morgan fingerprint density at radius 1 is 1.54 bits per heavy atom. The van der Waals surface area contributed by atoms with Gasteiger partial charge in [-0.05, 0) is 18.6 Å². The average Bonchev–Trinajstić information content (AvgIpc) is 2.03. The quantitative estimate of drug-likeness (QED) is 0.725. The van der Waals surface area contributed by atoms with Gasteiger partial charge in [-0.2, -0.15) is 0 Å². The Morgan fingerprint density at radius 2 is 2.15 bits per heavy atom. The van der Waals surface area contributed by atoms with E-state index in [0.29, 0.717) is 4.90 Å². The molecular formula is C8H12N2O2S. The van der Waals surface area contributed by atoms with E-state index >= 15 is 0 Å². The number of pyridine rings is 1. The van der Waals surface area contributed by atoms with Gasteiger partial charge in [0.05, 0.1) is 4.90 Å². The number of anilines is 1. The molecule has 1 rings (SSSR count). The van der Waals surface area contributed by atoms with E-state index in [2.05, 4.69) is 4.98 Å². The van der Waals surface area contributed by atoms with Crippen LogP contribution in [0.5, 0.6) is 0 Å². The lowest BCUT2D eigenvalue weighted by molar-refractivity contribution is 0.564. The molecule has 1 N–H and O–H groups in total. The molecule has 1 aromatic rings. The molecule has 0 aliphatic carbocycles. The minimum Gasteiger partial charge on any atom is -0.363 e. The first-order chi connectivity index (χ1) is 6.02. The number of rotatable bonds is 2. The van der Waals surface area contributed by atoms with E-state index < -0.39 is 11.1 Å². The van der Waals surface area contributed by atoms with E-state index in [9.17, 15) is 4.21 Å². The van der Waals surface area contributed by atoms with Crippen molar-refractivity contribution in [1.82, 2.24) is 4.98 Å². The standard InChI is InChI=1S/C8H12N2O2S/c1-6-4-7(13(11)12)5-9-8(6)10(2)3/h4-5H,1-3H3,(H,11,12). The van der Waals surface area contributed by atoms with E-state index in [-0.39, 0.29) is 0 Å². The minimum atomic E-state index is -1.94. The Kier molecular flexibility index (Phi) is 3.00. The molecule has 4 nitrogen and oxygen atoms in total. The summed E-state index contributed by atoms with van der Waals surface area (Å²) in [6.07, 6.45) is 1.42. The van der Waals surface area contributed by atoms with Crippen LogP contribution in [0.3, 0.4) is 0 Å². The highest BCUT2D eigenvalue weighted by molar-refractivity contribution is 7.79. The molecule has 1 atom stereocenters. The summed E-state index contributed by atoms with van der Waals surface area (Å²) in [5.41, 5.74) is 0.893. The largest absolute Gasteiger partial charge is 0.363 e. The SMILES string of the molecule is Cc1cc(S(=O)O)cnc1N(C)C. The summed E-state index contributed by atoms with van der Waals surface area (Å²) in [5, 5.41) is 0. The first-order valence-electron chi connectivity index (χ1n) is 3.77. The van der Waals surface area contributed by atoms with Crippen molar-refractivity contribution in [1.29, 1.82) is 0 Å². The smallest absolute Gasteiger partial charge is 0.188 e. The maximum absolute atomic E-state index is 10.7. The number of aryl methyl sites for hydroxylation is 1. The number of hydrogen-bond donors (Lipinski definition) is 1. The van der Waals surface area contributed by atoms with Crippen LogP contribution in [0.4, 0.5) is 5.82 Å². The van der Waals surface area contributed by atoms with Gasteiger partial charge in [0.15, 0.2) is 11.1 Å². The first-order valence-corrected chi connectivity index (χ1v) is 4.88.